The van der Waals surface area contributed by atoms with Crippen LogP contribution in [0.25, 0.3) is 10.6 Å². The summed E-state index contributed by atoms with van der Waals surface area (Å²) in [5, 5.41) is 17.9. The first-order chi connectivity index (χ1) is 10.1. The summed E-state index contributed by atoms with van der Waals surface area (Å²) in [6, 6.07) is 3.57. The Morgan fingerprint density at radius 3 is 2.86 bits per heavy atom. The van der Waals surface area contributed by atoms with Gasteiger partial charge < -0.3 is 9.52 Å². The maximum absolute atomic E-state index is 11.4. The molecule has 7 nitrogen and oxygen atoms in total. The van der Waals surface area contributed by atoms with Crippen LogP contribution in [0, 0.1) is 13.8 Å². The monoisotopic (exact) mass is 304 g/mol. The first-order valence-corrected chi connectivity index (χ1v) is 7.01. The number of hydrogen-bond acceptors (Lipinski definition) is 6. The van der Waals surface area contributed by atoms with E-state index in [1.54, 1.807) is 18.4 Å². The Balaban J connectivity index is 2.13. The number of nitrogens with zero attached hydrogens (tertiary/aromatic N) is 4. The number of aromatic carboxylic acids is 1. The van der Waals surface area contributed by atoms with Crippen LogP contribution in [0.5, 0.6) is 0 Å². The van der Waals surface area contributed by atoms with Crippen molar-refractivity contribution >= 4 is 17.3 Å². The Kier molecular flexibility index (Phi) is 3.30. The van der Waals surface area contributed by atoms with Crippen molar-refractivity contribution in [3.8, 4) is 10.6 Å². The average Bonchev–Trinajstić information content (AvgIpc) is 3.11. The van der Waals surface area contributed by atoms with E-state index in [9.17, 15) is 9.90 Å². The summed E-state index contributed by atoms with van der Waals surface area (Å²) in [4.78, 5) is 16.5. The lowest BCUT2D eigenvalue weighted by molar-refractivity contribution is 0.0691. The number of thiazole rings is 1. The second kappa shape index (κ2) is 5.13. The largest absolute Gasteiger partial charge is 0.476 e. The smallest absolute Gasteiger partial charge is 0.358 e. The molecule has 8 heteroatoms. The van der Waals surface area contributed by atoms with Crippen LogP contribution in [-0.2, 0) is 6.54 Å². The lowest BCUT2D eigenvalue weighted by atomic mass is 10.2. The fourth-order valence-corrected chi connectivity index (χ4v) is 3.06. The molecule has 0 amide bonds. The number of carboxylic acid groups (broad SMARTS) is 1. The van der Waals surface area contributed by atoms with Crippen molar-refractivity contribution in [2.24, 2.45) is 0 Å². The summed E-state index contributed by atoms with van der Waals surface area (Å²) in [7, 11) is 0. The highest BCUT2D eigenvalue weighted by Crippen LogP contribution is 2.31. The zero-order chi connectivity index (χ0) is 15.0. The molecule has 3 rings (SSSR count). The molecule has 108 valence electrons. The van der Waals surface area contributed by atoms with Crippen LogP contribution in [0.2, 0.25) is 0 Å². The summed E-state index contributed by atoms with van der Waals surface area (Å²) in [5.41, 5.74) is 1.15. The van der Waals surface area contributed by atoms with E-state index in [-0.39, 0.29) is 5.69 Å². The molecule has 0 fully saturated rings. The van der Waals surface area contributed by atoms with Crippen LogP contribution in [0.15, 0.2) is 22.8 Å². The van der Waals surface area contributed by atoms with Gasteiger partial charge in [0.1, 0.15) is 18.0 Å². The minimum absolute atomic E-state index is 0.0756. The second-order valence-electron chi connectivity index (χ2n) is 4.48. The summed E-state index contributed by atoms with van der Waals surface area (Å²) >= 11 is 1.42. The molecule has 0 aromatic carbocycles. The summed E-state index contributed by atoms with van der Waals surface area (Å²) in [5.74, 6) is -0.432. The molecule has 0 bridgehead atoms. The molecule has 0 unspecified atom stereocenters. The lowest BCUT2D eigenvalue weighted by Crippen LogP contribution is -2.05. The standard InChI is InChI=1S/C13H12N4O3S/c1-7-12(21-8(2)14-7)11-10(13(18)19)15-16-17(11)6-9-4-3-5-20-9/h3-5H,6H2,1-2H3,(H,18,19). The molecule has 0 spiro atoms. The predicted molar refractivity (Wildman–Crippen MR) is 75.4 cm³/mol. The van der Waals surface area contributed by atoms with Gasteiger partial charge in [0.2, 0.25) is 0 Å². The molecular weight excluding hydrogens is 292 g/mol. The minimum atomic E-state index is -1.11. The van der Waals surface area contributed by atoms with Crippen molar-refractivity contribution in [1.29, 1.82) is 0 Å². The first-order valence-electron chi connectivity index (χ1n) is 6.20. The van der Waals surface area contributed by atoms with E-state index < -0.39 is 5.97 Å². The van der Waals surface area contributed by atoms with Gasteiger partial charge in [0.15, 0.2) is 5.69 Å². The second-order valence-corrected chi connectivity index (χ2v) is 5.68. The summed E-state index contributed by atoms with van der Waals surface area (Å²) in [6.07, 6.45) is 1.56. The fraction of sp³-hybridized carbons (Fsp3) is 0.231. The fourth-order valence-electron chi connectivity index (χ4n) is 2.09. The maximum Gasteiger partial charge on any atom is 0.358 e. The highest BCUT2D eigenvalue weighted by Gasteiger charge is 2.24. The Morgan fingerprint density at radius 1 is 1.48 bits per heavy atom. The van der Waals surface area contributed by atoms with E-state index >= 15 is 0 Å². The maximum atomic E-state index is 11.4. The third-order valence-electron chi connectivity index (χ3n) is 2.94. The van der Waals surface area contributed by atoms with Gasteiger partial charge >= 0.3 is 5.97 Å². The van der Waals surface area contributed by atoms with E-state index in [2.05, 4.69) is 15.3 Å². The number of hydrogen-bond donors (Lipinski definition) is 1. The van der Waals surface area contributed by atoms with Crippen LogP contribution in [0.4, 0.5) is 0 Å². The zero-order valence-corrected chi connectivity index (χ0v) is 12.2. The van der Waals surface area contributed by atoms with E-state index in [4.69, 9.17) is 4.42 Å². The number of aryl methyl sites for hydroxylation is 2. The quantitative estimate of drug-likeness (QED) is 0.795. The normalized spacial score (nSPS) is 11.0. The van der Waals surface area contributed by atoms with Gasteiger partial charge in [0.05, 0.1) is 21.8 Å². The molecule has 0 saturated carbocycles. The topological polar surface area (TPSA) is 94.0 Å². The number of carbonyl (C=O) groups is 1. The van der Waals surface area contributed by atoms with Crippen molar-refractivity contribution in [2.75, 3.05) is 0 Å². The molecule has 0 radical (unpaired) electrons. The first kappa shape index (κ1) is 13.5. The van der Waals surface area contributed by atoms with E-state index in [1.165, 1.54) is 16.0 Å². The number of furan rings is 1. The SMILES string of the molecule is Cc1nc(C)c(-c2c(C(=O)O)nnn2Cc2ccco2)s1. The van der Waals surface area contributed by atoms with Gasteiger partial charge in [0, 0.05) is 0 Å². The van der Waals surface area contributed by atoms with E-state index in [0.29, 0.717) is 18.0 Å². The summed E-state index contributed by atoms with van der Waals surface area (Å²) in [6.45, 7) is 4.04. The van der Waals surface area contributed by atoms with Gasteiger partial charge in [-0.3, -0.25) is 0 Å². The third-order valence-corrected chi connectivity index (χ3v) is 4.02. The van der Waals surface area contributed by atoms with Crippen LogP contribution in [0.1, 0.15) is 27.0 Å². The van der Waals surface area contributed by atoms with E-state index in [0.717, 1.165) is 15.6 Å². The van der Waals surface area contributed by atoms with Gasteiger partial charge in [-0.05, 0) is 26.0 Å². The van der Waals surface area contributed by atoms with Crippen molar-refractivity contribution in [2.45, 2.75) is 20.4 Å². The molecule has 3 aromatic heterocycles. The Bertz CT molecular complexity index is 789. The molecule has 0 aliphatic heterocycles. The van der Waals surface area contributed by atoms with Crippen LogP contribution in [-0.4, -0.2) is 31.1 Å². The molecule has 0 aliphatic carbocycles. The van der Waals surface area contributed by atoms with Crippen LogP contribution in [0.3, 0.4) is 0 Å². The Hall–Kier alpha value is -2.48. The van der Waals surface area contributed by atoms with Gasteiger partial charge in [0.25, 0.3) is 0 Å². The van der Waals surface area contributed by atoms with Crippen molar-refractivity contribution in [3.63, 3.8) is 0 Å². The van der Waals surface area contributed by atoms with Crippen LogP contribution >= 0.6 is 11.3 Å². The molecule has 0 saturated heterocycles. The van der Waals surface area contributed by atoms with E-state index in [1.807, 2.05) is 13.8 Å². The molecule has 21 heavy (non-hydrogen) atoms. The highest BCUT2D eigenvalue weighted by molar-refractivity contribution is 7.15. The molecular formula is C13H12N4O3S. The average molecular weight is 304 g/mol. The molecule has 3 heterocycles. The molecule has 0 atom stereocenters. The summed E-state index contributed by atoms with van der Waals surface area (Å²) < 4.78 is 6.82. The zero-order valence-electron chi connectivity index (χ0n) is 11.4. The van der Waals surface area contributed by atoms with Crippen molar-refractivity contribution in [3.05, 3.63) is 40.6 Å². The number of carboxylic acids is 1. The number of rotatable bonds is 4. The van der Waals surface area contributed by atoms with Crippen LogP contribution < -0.4 is 0 Å². The van der Waals surface area contributed by atoms with Crippen molar-refractivity contribution < 1.29 is 14.3 Å². The van der Waals surface area contributed by atoms with Crippen molar-refractivity contribution in [1.82, 2.24) is 20.0 Å². The van der Waals surface area contributed by atoms with Gasteiger partial charge in [-0.1, -0.05) is 5.21 Å². The number of aromatic nitrogens is 4. The molecule has 3 aromatic rings. The molecule has 0 aliphatic rings. The van der Waals surface area contributed by atoms with Gasteiger partial charge in [-0.15, -0.1) is 16.4 Å². The Morgan fingerprint density at radius 2 is 2.29 bits per heavy atom. The molecule has 1 N–H and O–H groups in total. The highest BCUT2D eigenvalue weighted by atomic mass is 32.1. The lowest BCUT2D eigenvalue weighted by Gasteiger charge is -2.04. The predicted octanol–water partition coefficient (Wildman–Crippen LogP) is 2.36. The third kappa shape index (κ3) is 2.45. The van der Waals surface area contributed by atoms with Gasteiger partial charge in [-0.25, -0.2) is 14.5 Å². The minimum Gasteiger partial charge on any atom is -0.476 e. The van der Waals surface area contributed by atoms with Gasteiger partial charge in [-0.2, -0.15) is 0 Å². The Labute approximate surface area is 123 Å².